The van der Waals surface area contributed by atoms with E-state index in [2.05, 4.69) is 5.10 Å². The minimum Gasteiger partial charge on any atom is -0.457 e. The first kappa shape index (κ1) is 15.8. The molecule has 6 heteroatoms. The highest BCUT2D eigenvalue weighted by molar-refractivity contribution is 5.90. The predicted molar refractivity (Wildman–Crippen MR) is 79.7 cm³/mol. The van der Waals surface area contributed by atoms with Crippen molar-refractivity contribution in [1.29, 1.82) is 0 Å². The smallest absolute Gasteiger partial charge is 0.344 e. The van der Waals surface area contributed by atoms with E-state index in [0.29, 0.717) is 5.56 Å². The first-order valence-corrected chi connectivity index (χ1v) is 6.84. The normalized spacial score (nSPS) is 11.0. The van der Waals surface area contributed by atoms with E-state index in [1.54, 1.807) is 62.1 Å². The Morgan fingerprint density at radius 2 is 1.86 bits per heavy atom. The summed E-state index contributed by atoms with van der Waals surface area (Å²) in [7, 11) is 0. The maximum atomic E-state index is 11.9. The van der Waals surface area contributed by atoms with E-state index in [1.165, 1.54) is 0 Å². The highest BCUT2D eigenvalue weighted by Gasteiger charge is 2.18. The monoisotopic (exact) mass is 302 g/mol. The Kier molecular flexibility index (Phi) is 4.60. The van der Waals surface area contributed by atoms with Crippen molar-refractivity contribution in [3.63, 3.8) is 0 Å². The first-order chi connectivity index (χ1) is 10.3. The standard InChI is InChI=1S/C16H18N2O4/c1-16(2,3)22-14(19)11-21-15(20)12-5-7-13(8-6-12)18-10-4-9-17-18/h4-10H,11H2,1-3H3. The van der Waals surface area contributed by atoms with Gasteiger partial charge in [0.25, 0.3) is 0 Å². The largest absolute Gasteiger partial charge is 0.457 e. The molecule has 116 valence electrons. The zero-order valence-electron chi connectivity index (χ0n) is 12.8. The third-order valence-electron chi connectivity index (χ3n) is 2.61. The second-order valence-electron chi connectivity index (χ2n) is 5.66. The van der Waals surface area contributed by atoms with Gasteiger partial charge >= 0.3 is 11.9 Å². The van der Waals surface area contributed by atoms with Gasteiger partial charge in [0.1, 0.15) is 5.60 Å². The van der Waals surface area contributed by atoms with Crippen molar-refractivity contribution < 1.29 is 19.1 Å². The molecule has 0 bridgehead atoms. The fraction of sp³-hybridized carbons (Fsp3) is 0.312. The molecule has 0 saturated carbocycles. The molecule has 0 aliphatic rings. The Labute approximate surface area is 128 Å². The van der Waals surface area contributed by atoms with Crippen molar-refractivity contribution in [3.8, 4) is 5.69 Å². The minimum absolute atomic E-state index is 0.361. The summed E-state index contributed by atoms with van der Waals surface area (Å²) in [6.45, 7) is 4.85. The number of benzene rings is 1. The number of esters is 2. The van der Waals surface area contributed by atoms with Crippen LogP contribution >= 0.6 is 0 Å². The molecule has 0 saturated heterocycles. The van der Waals surface area contributed by atoms with Gasteiger partial charge in [-0.15, -0.1) is 0 Å². The molecule has 0 N–H and O–H groups in total. The average Bonchev–Trinajstić information content (AvgIpc) is 2.97. The van der Waals surface area contributed by atoms with Crippen molar-refractivity contribution in [1.82, 2.24) is 9.78 Å². The van der Waals surface area contributed by atoms with Gasteiger partial charge in [-0.1, -0.05) is 0 Å². The lowest BCUT2D eigenvalue weighted by atomic mass is 10.2. The van der Waals surface area contributed by atoms with Gasteiger partial charge in [0.2, 0.25) is 0 Å². The number of ether oxygens (including phenoxy) is 2. The van der Waals surface area contributed by atoms with Crippen LogP contribution in [0.5, 0.6) is 0 Å². The van der Waals surface area contributed by atoms with Crippen molar-refractivity contribution >= 4 is 11.9 Å². The molecule has 0 aliphatic heterocycles. The van der Waals surface area contributed by atoms with Crippen LogP contribution in [0.25, 0.3) is 5.69 Å². The van der Waals surface area contributed by atoms with Gasteiger partial charge in [0.15, 0.2) is 6.61 Å². The average molecular weight is 302 g/mol. The summed E-state index contributed by atoms with van der Waals surface area (Å²) in [5, 5.41) is 4.09. The van der Waals surface area contributed by atoms with E-state index in [-0.39, 0.29) is 0 Å². The molecule has 2 aromatic rings. The van der Waals surface area contributed by atoms with Crippen molar-refractivity contribution in [2.24, 2.45) is 0 Å². The molecular formula is C16H18N2O4. The van der Waals surface area contributed by atoms with Crippen LogP contribution in [0.2, 0.25) is 0 Å². The zero-order valence-corrected chi connectivity index (χ0v) is 12.8. The van der Waals surface area contributed by atoms with E-state index < -0.39 is 24.1 Å². The lowest BCUT2D eigenvalue weighted by Crippen LogP contribution is -2.27. The summed E-state index contributed by atoms with van der Waals surface area (Å²) in [6.07, 6.45) is 3.47. The van der Waals surface area contributed by atoms with Crippen molar-refractivity contribution in [2.75, 3.05) is 6.61 Å². The van der Waals surface area contributed by atoms with E-state index >= 15 is 0 Å². The molecule has 0 unspecified atom stereocenters. The van der Waals surface area contributed by atoms with E-state index in [9.17, 15) is 9.59 Å². The Hall–Kier alpha value is -2.63. The van der Waals surface area contributed by atoms with Gasteiger partial charge in [-0.05, 0) is 51.1 Å². The molecule has 6 nitrogen and oxygen atoms in total. The lowest BCUT2D eigenvalue weighted by Gasteiger charge is -2.19. The van der Waals surface area contributed by atoms with Crippen molar-refractivity contribution in [2.45, 2.75) is 26.4 Å². The molecule has 1 aromatic heterocycles. The Morgan fingerprint density at radius 3 is 2.41 bits per heavy atom. The molecule has 1 heterocycles. The summed E-state index contributed by atoms with van der Waals surface area (Å²) in [5.74, 6) is -1.15. The van der Waals surface area contributed by atoms with E-state index in [1.807, 2.05) is 6.07 Å². The SMILES string of the molecule is CC(C)(C)OC(=O)COC(=O)c1ccc(-n2cccn2)cc1. The number of rotatable bonds is 4. The van der Waals surface area contributed by atoms with Crippen LogP contribution in [-0.4, -0.2) is 33.9 Å². The number of hydrogen-bond acceptors (Lipinski definition) is 5. The number of hydrogen-bond donors (Lipinski definition) is 0. The molecule has 22 heavy (non-hydrogen) atoms. The molecular weight excluding hydrogens is 284 g/mol. The van der Waals surface area contributed by atoms with Crippen LogP contribution in [0.4, 0.5) is 0 Å². The third kappa shape index (κ3) is 4.44. The van der Waals surface area contributed by atoms with Gasteiger partial charge in [-0.2, -0.15) is 5.10 Å². The Balaban J connectivity index is 1.92. The molecule has 1 aromatic carbocycles. The van der Waals surface area contributed by atoms with Crippen molar-refractivity contribution in [3.05, 3.63) is 48.3 Å². The fourth-order valence-electron chi connectivity index (χ4n) is 1.75. The van der Waals surface area contributed by atoms with Gasteiger partial charge in [0, 0.05) is 12.4 Å². The highest BCUT2D eigenvalue weighted by atomic mass is 16.6. The number of carbonyl (C=O) groups excluding carboxylic acids is 2. The van der Waals surface area contributed by atoms with Crippen LogP contribution in [0.3, 0.4) is 0 Å². The van der Waals surface area contributed by atoms with Crippen LogP contribution in [-0.2, 0) is 14.3 Å². The summed E-state index contributed by atoms with van der Waals surface area (Å²) < 4.78 is 11.7. The molecule has 0 fully saturated rings. The first-order valence-electron chi connectivity index (χ1n) is 6.84. The quantitative estimate of drug-likeness (QED) is 0.811. The lowest BCUT2D eigenvalue weighted by molar-refractivity contribution is -0.158. The van der Waals surface area contributed by atoms with Crippen LogP contribution < -0.4 is 0 Å². The van der Waals surface area contributed by atoms with E-state index in [4.69, 9.17) is 9.47 Å². The number of aromatic nitrogens is 2. The molecule has 0 atom stereocenters. The summed E-state index contributed by atoms with van der Waals surface area (Å²) in [4.78, 5) is 23.4. The number of carbonyl (C=O) groups is 2. The van der Waals surface area contributed by atoms with Gasteiger partial charge in [-0.25, -0.2) is 14.3 Å². The fourth-order valence-corrected chi connectivity index (χ4v) is 1.75. The number of nitrogens with zero attached hydrogens (tertiary/aromatic N) is 2. The van der Waals surface area contributed by atoms with E-state index in [0.717, 1.165) is 5.69 Å². The van der Waals surface area contributed by atoms with Crippen LogP contribution in [0, 0.1) is 0 Å². The summed E-state index contributed by atoms with van der Waals surface area (Å²) >= 11 is 0. The topological polar surface area (TPSA) is 70.4 Å². The minimum atomic E-state index is -0.602. The second-order valence-corrected chi connectivity index (χ2v) is 5.66. The molecule has 0 aliphatic carbocycles. The zero-order chi connectivity index (χ0) is 16.2. The van der Waals surface area contributed by atoms with Gasteiger partial charge < -0.3 is 9.47 Å². The predicted octanol–water partition coefficient (Wildman–Crippen LogP) is 2.37. The maximum absolute atomic E-state index is 11.9. The Bertz CT molecular complexity index is 640. The Morgan fingerprint density at radius 1 is 1.18 bits per heavy atom. The summed E-state index contributed by atoms with van der Waals surface area (Å²) in [5.41, 5.74) is 0.586. The van der Waals surface area contributed by atoms with Gasteiger partial charge in [-0.3, -0.25) is 0 Å². The summed E-state index contributed by atoms with van der Waals surface area (Å²) in [6, 6.07) is 8.54. The molecule has 0 amide bonds. The van der Waals surface area contributed by atoms with Crippen LogP contribution in [0.1, 0.15) is 31.1 Å². The maximum Gasteiger partial charge on any atom is 0.344 e. The molecule has 0 radical (unpaired) electrons. The molecule has 0 spiro atoms. The van der Waals surface area contributed by atoms with Gasteiger partial charge in [0.05, 0.1) is 11.3 Å². The highest BCUT2D eigenvalue weighted by Crippen LogP contribution is 2.10. The molecule has 2 rings (SSSR count). The third-order valence-corrected chi connectivity index (χ3v) is 2.61. The second kappa shape index (κ2) is 6.43. The van der Waals surface area contributed by atoms with Crippen LogP contribution in [0.15, 0.2) is 42.7 Å².